The molecule has 88 valence electrons. The summed E-state index contributed by atoms with van der Waals surface area (Å²) in [5.74, 6) is -0.230. The number of rotatable bonds is 7. The molecule has 0 radical (unpaired) electrons. The minimum absolute atomic E-state index is 0.200. The van der Waals surface area contributed by atoms with Crippen molar-refractivity contribution in [3.63, 3.8) is 0 Å². The van der Waals surface area contributed by atoms with Crippen LogP contribution in [0.4, 0.5) is 0 Å². The first kappa shape index (κ1) is 12.5. The molecule has 0 amide bonds. The number of hydrogen-bond acceptors (Lipinski definition) is 4. The molecule has 1 aliphatic rings. The van der Waals surface area contributed by atoms with Crippen molar-refractivity contribution in [1.82, 2.24) is 5.32 Å². The maximum atomic E-state index is 11.1. The predicted molar refractivity (Wildman–Crippen MR) is 57.5 cm³/mol. The van der Waals surface area contributed by atoms with Crippen LogP contribution in [0.25, 0.3) is 0 Å². The fraction of sp³-hybridized carbons (Fsp3) is 0.909. The molecule has 0 spiro atoms. The summed E-state index contributed by atoms with van der Waals surface area (Å²) in [7, 11) is 0. The molecular formula is C11H21NO3. The maximum Gasteiger partial charge on any atom is 0.319 e. The molecule has 0 aromatic carbocycles. The van der Waals surface area contributed by atoms with Crippen LogP contribution in [0.5, 0.6) is 0 Å². The molecule has 1 aliphatic carbocycles. The topological polar surface area (TPSA) is 58.6 Å². The van der Waals surface area contributed by atoms with Gasteiger partial charge in [0.25, 0.3) is 0 Å². The minimum Gasteiger partial charge on any atom is -0.465 e. The highest BCUT2D eigenvalue weighted by Gasteiger charge is 2.33. The van der Waals surface area contributed by atoms with Crippen LogP contribution in [0.3, 0.4) is 0 Å². The van der Waals surface area contributed by atoms with Gasteiger partial charge in [-0.05, 0) is 25.7 Å². The highest BCUT2D eigenvalue weighted by Crippen LogP contribution is 2.30. The Kier molecular flexibility index (Phi) is 5.05. The summed E-state index contributed by atoms with van der Waals surface area (Å²) in [4.78, 5) is 11.1. The van der Waals surface area contributed by atoms with Crippen molar-refractivity contribution in [3.8, 4) is 0 Å². The summed E-state index contributed by atoms with van der Waals surface area (Å²) >= 11 is 0. The molecule has 0 saturated heterocycles. The van der Waals surface area contributed by atoms with Crippen LogP contribution in [-0.4, -0.2) is 36.4 Å². The van der Waals surface area contributed by atoms with E-state index in [0.717, 1.165) is 32.1 Å². The van der Waals surface area contributed by atoms with Crippen LogP contribution < -0.4 is 5.32 Å². The Hall–Kier alpha value is -0.610. The molecule has 15 heavy (non-hydrogen) atoms. The van der Waals surface area contributed by atoms with Gasteiger partial charge >= 0.3 is 5.97 Å². The predicted octanol–water partition coefficient (Wildman–Crippen LogP) is 0.834. The van der Waals surface area contributed by atoms with Gasteiger partial charge in [-0.2, -0.15) is 0 Å². The van der Waals surface area contributed by atoms with E-state index in [-0.39, 0.29) is 12.5 Å². The number of aliphatic hydroxyl groups is 1. The minimum atomic E-state index is -0.566. The lowest BCUT2D eigenvalue weighted by atomic mass is 9.80. The first-order valence-corrected chi connectivity index (χ1v) is 5.75. The van der Waals surface area contributed by atoms with Crippen LogP contribution in [0.15, 0.2) is 0 Å². The molecule has 0 heterocycles. The summed E-state index contributed by atoms with van der Waals surface area (Å²) in [5.41, 5.74) is -0.566. The summed E-state index contributed by atoms with van der Waals surface area (Å²) in [6.07, 6.45) is 4.70. The lowest BCUT2D eigenvalue weighted by molar-refractivity contribution is -0.142. The molecule has 1 fully saturated rings. The fourth-order valence-electron chi connectivity index (χ4n) is 1.54. The number of carbonyl (C=O) groups excluding carboxylic acids is 1. The SMILES string of the molecule is CCCCOC(=O)CNCC1(O)CCC1. The lowest BCUT2D eigenvalue weighted by Crippen LogP contribution is -2.47. The van der Waals surface area contributed by atoms with Gasteiger partial charge in [0.05, 0.1) is 18.8 Å². The highest BCUT2D eigenvalue weighted by atomic mass is 16.5. The number of carbonyl (C=O) groups is 1. The third-order valence-corrected chi connectivity index (χ3v) is 2.77. The number of hydrogen-bond donors (Lipinski definition) is 2. The van der Waals surface area contributed by atoms with Gasteiger partial charge in [-0.3, -0.25) is 4.79 Å². The van der Waals surface area contributed by atoms with E-state index in [4.69, 9.17) is 4.74 Å². The Labute approximate surface area is 91.0 Å². The summed E-state index contributed by atoms with van der Waals surface area (Å²) in [6, 6.07) is 0. The smallest absolute Gasteiger partial charge is 0.319 e. The van der Waals surface area contributed by atoms with E-state index in [9.17, 15) is 9.90 Å². The van der Waals surface area contributed by atoms with Crippen molar-refractivity contribution in [1.29, 1.82) is 0 Å². The number of unbranched alkanes of at least 4 members (excludes halogenated alkanes) is 1. The van der Waals surface area contributed by atoms with E-state index in [2.05, 4.69) is 12.2 Å². The monoisotopic (exact) mass is 215 g/mol. The van der Waals surface area contributed by atoms with Gasteiger partial charge in [-0.1, -0.05) is 13.3 Å². The van der Waals surface area contributed by atoms with Crippen molar-refractivity contribution in [2.75, 3.05) is 19.7 Å². The molecule has 0 aliphatic heterocycles. The van der Waals surface area contributed by atoms with Crippen LogP contribution in [0.2, 0.25) is 0 Å². The second-order valence-electron chi connectivity index (χ2n) is 4.26. The quantitative estimate of drug-likeness (QED) is 0.488. The maximum absolute atomic E-state index is 11.1. The number of nitrogens with one attached hydrogen (secondary N) is 1. The Morgan fingerprint density at radius 3 is 2.80 bits per heavy atom. The summed E-state index contributed by atoms with van der Waals surface area (Å²) in [5, 5.41) is 12.7. The van der Waals surface area contributed by atoms with Gasteiger partial charge in [0, 0.05) is 6.54 Å². The van der Waals surface area contributed by atoms with E-state index in [1.807, 2.05) is 0 Å². The average molecular weight is 215 g/mol. The molecule has 0 unspecified atom stereocenters. The third kappa shape index (κ3) is 4.62. The molecule has 0 bridgehead atoms. The van der Waals surface area contributed by atoms with Crippen molar-refractivity contribution in [2.24, 2.45) is 0 Å². The van der Waals surface area contributed by atoms with E-state index in [1.54, 1.807) is 0 Å². The standard InChI is InChI=1S/C11H21NO3/c1-2-3-7-15-10(13)8-12-9-11(14)5-4-6-11/h12,14H,2-9H2,1H3. The molecule has 4 nitrogen and oxygen atoms in total. The Bertz CT molecular complexity index is 202. The van der Waals surface area contributed by atoms with E-state index in [1.165, 1.54) is 0 Å². The van der Waals surface area contributed by atoms with Crippen LogP contribution in [0, 0.1) is 0 Å². The normalized spacial score (nSPS) is 18.3. The second-order valence-corrected chi connectivity index (χ2v) is 4.26. The third-order valence-electron chi connectivity index (χ3n) is 2.77. The van der Waals surface area contributed by atoms with Crippen molar-refractivity contribution in [3.05, 3.63) is 0 Å². The average Bonchev–Trinajstić information content (AvgIpc) is 2.16. The van der Waals surface area contributed by atoms with Gasteiger partial charge in [-0.25, -0.2) is 0 Å². The Morgan fingerprint density at radius 2 is 2.27 bits per heavy atom. The largest absolute Gasteiger partial charge is 0.465 e. The molecule has 0 aromatic heterocycles. The molecule has 0 aromatic rings. The second kappa shape index (κ2) is 6.08. The zero-order valence-electron chi connectivity index (χ0n) is 9.42. The molecule has 1 rings (SSSR count). The molecule has 2 N–H and O–H groups in total. The van der Waals surface area contributed by atoms with E-state index < -0.39 is 5.60 Å². The fourth-order valence-corrected chi connectivity index (χ4v) is 1.54. The zero-order chi connectivity index (χ0) is 11.1. The Balaban J connectivity index is 1.97. The highest BCUT2D eigenvalue weighted by molar-refractivity contribution is 5.71. The van der Waals surface area contributed by atoms with Crippen molar-refractivity contribution < 1.29 is 14.6 Å². The van der Waals surface area contributed by atoms with Gasteiger partial charge in [0.15, 0.2) is 0 Å². The van der Waals surface area contributed by atoms with Gasteiger partial charge < -0.3 is 15.2 Å². The van der Waals surface area contributed by atoms with Crippen molar-refractivity contribution >= 4 is 5.97 Å². The summed E-state index contributed by atoms with van der Waals surface area (Å²) in [6.45, 7) is 3.25. The van der Waals surface area contributed by atoms with Gasteiger partial charge in [0.1, 0.15) is 0 Å². The number of esters is 1. The van der Waals surface area contributed by atoms with Gasteiger partial charge in [0.2, 0.25) is 0 Å². The van der Waals surface area contributed by atoms with E-state index >= 15 is 0 Å². The van der Waals surface area contributed by atoms with E-state index in [0.29, 0.717) is 13.2 Å². The van der Waals surface area contributed by atoms with Gasteiger partial charge in [-0.15, -0.1) is 0 Å². The first-order chi connectivity index (χ1) is 7.16. The van der Waals surface area contributed by atoms with Crippen LogP contribution >= 0.6 is 0 Å². The molecule has 1 saturated carbocycles. The first-order valence-electron chi connectivity index (χ1n) is 5.75. The summed E-state index contributed by atoms with van der Waals surface area (Å²) < 4.78 is 4.97. The lowest BCUT2D eigenvalue weighted by Gasteiger charge is -2.36. The molecular weight excluding hydrogens is 194 g/mol. The Morgan fingerprint density at radius 1 is 1.53 bits per heavy atom. The van der Waals surface area contributed by atoms with Crippen LogP contribution in [-0.2, 0) is 9.53 Å². The molecule has 0 atom stereocenters. The van der Waals surface area contributed by atoms with Crippen LogP contribution in [0.1, 0.15) is 39.0 Å². The number of ether oxygens (including phenoxy) is 1. The zero-order valence-corrected chi connectivity index (χ0v) is 9.42. The molecule has 4 heteroatoms. The van der Waals surface area contributed by atoms with Crippen molar-refractivity contribution in [2.45, 2.75) is 44.6 Å².